The fourth-order valence-corrected chi connectivity index (χ4v) is 6.65. The Bertz CT molecular complexity index is 851. The van der Waals surface area contributed by atoms with E-state index in [1.165, 1.54) is 7.11 Å². The van der Waals surface area contributed by atoms with Crippen molar-refractivity contribution in [3.63, 3.8) is 0 Å². The van der Waals surface area contributed by atoms with Gasteiger partial charge in [-0.3, -0.25) is 10.1 Å². The smallest absolute Gasteiger partial charge is 0.468 e. The van der Waals surface area contributed by atoms with E-state index in [1.54, 1.807) is 6.08 Å². The summed E-state index contributed by atoms with van der Waals surface area (Å²) in [5, 5.41) is 3.22. The Morgan fingerprint density at radius 3 is 2.75 bits per heavy atom. The van der Waals surface area contributed by atoms with Gasteiger partial charge in [0.2, 0.25) is 0 Å². The summed E-state index contributed by atoms with van der Waals surface area (Å²) in [4.78, 5) is 35.9. The molecule has 6 atom stereocenters. The van der Waals surface area contributed by atoms with Crippen LogP contribution in [0, 0.1) is 22.7 Å². The Balaban J connectivity index is 1.60. The van der Waals surface area contributed by atoms with Gasteiger partial charge in [0, 0.05) is 11.5 Å². The highest BCUT2D eigenvalue weighted by Gasteiger charge is 2.61. The van der Waals surface area contributed by atoms with E-state index in [9.17, 15) is 14.4 Å². The minimum Gasteiger partial charge on any atom is -0.468 e. The van der Waals surface area contributed by atoms with Crippen LogP contribution in [0.25, 0.3) is 0 Å². The SMILES string of the molecule is C=C1CCC2[C@@](C)(CC[C@H]3OC(=O)OC[C@@]23C)C1CC(NCC(=O)OC)C1=CCOC1=O. The predicted molar refractivity (Wildman–Crippen MR) is 114 cm³/mol. The van der Waals surface area contributed by atoms with E-state index in [0.717, 1.165) is 31.3 Å². The number of rotatable bonds is 6. The normalized spacial score (nSPS) is 37.3. The number of allylic oxidation sites excluding steroid dienone is 1. The van der Waals surface area contributed by atoms with Gasteiger partial charge in [-0.25, -0.2) is 9.59 Å². The molecule has 0 radical (unpaired) electrons. The highest BCUT2D eigenvalue weighted by Crippen LogP contribution is 2.63. The zero-order chi connectivity index (χ0) is 23.1. The molecule has 1 saturated heterocycles. The van der Waals surface area contributed by atoms with E-state index < -0.39 is 6.16 Å². The number of fused-ring (bicyclic) bond motifs is 3. The molecule has 2 heterocycles. The summed E-state index contributed by atoms with van der Waals surface area (Å²) < 4.78 is 20.9. The first-order valence-corrected chi connectivity index (χ1v) is 11.4. The molecule has 4 aliphatic rings. The van der Waals surface area contributed by atoms with E-state index in [1.807, 2.05) is 0 Å². The van der Waals surface area contributed by atoms with Gasteiger partial charge in [0.15, 0.2) is 0 Å². The molecule has 0 aromatic heterocycles. The number of nitrogens with one attached hydrogen (secondary N) is 1. The quantitative estimate of drug-likeness (QED) is 0.377. The van der Waals surface area contributed by atoms with Crippen molar-refractivity contribution in [1.82, 2.24) is 5.32 Å². The summed E-state index contributed by atoms with van der Waals surface area (Å²) in [7, 11) is 1.34. The Labute approximate surface area is 188 Å². The number of ether oxygens (including phenoxy) is 4. The molecule has 8 heteroatoms. The fourth-order valence-electron chi connectivity index (χ4n) is 6.65. The summed E-state index contributed by atoms with van der Waals surface area (Å²) >= 11 is 0. The molecule has 2 aliphatic heterocycles. The van der Waals surface area contributed by atoms with Crippen molar-refractivity contribution in [2.45, 2.75) is 58.1 Å². The van der Waals surface area contributed by atoms with Crippen LogP contribution in [-0.4, -0.2) is 57.1 Å². The zero-order valence-corrected chi connectivity index (χ0v) is 19.1. The van der Waals surface area contributed by atoms with E-state index in [-0.39, 0.29) is 59.9 Å². The summed E-state index contributed by atoms with van der Waals surface area (Å²) in [6, 6.07) is -0.340. The molecule has 2 saturated carbocycles. The minimum atomic E-state index is -0.577. The number of hydrogen-bond acceptors (Lipinski definition) is 8. The van der Waals surface area contributed by atoms with Crippen LogP contribution in [0.1, 0.15) is 46.0 Å². The molecule has 0 amide bonds. The van der Waals surface area contributed by atoms with Crippen molar-refractivity contribution < 1.29 is 33.3 Å². The lowest BCUT2D eigenvalue weighted by Gasteiger charge is -2.61. The average molecular weight is 448 g/mol. The Morgan fingerprint density at radius 2 is 2.06 bits per heavy atom. The number of carbonyl (C=O) groups excluding carboxylic acids is 3. The molecular formula is C24H33NO7. The molecule has 3 fully saturated rings. The number of methoxy groups -OCH3 is 1. The third kappa shape index (κ3) is 3.83. The van der Waals surface area contributed by atoms with E-state index in [2.05, 4.69) is 25.7 Å². The highest BCUT2D eigenvalue weighted by atomic mass is 16.7. The first-order chi connectivity index (χ1) is 15.2. The van der Waals surface area contributed by atoms with Gasteiger partial charge in [-0.05, 0) is 55.4 Å². The first-order valence-electron chi connectivity index (χ1n) is 11.4. The van der Waals surface area contributed by atoms with Crippen LogP contribution in [0.4, 0.5) is 4.79 Å². The van der Waals surface area contributed by atoms with Crippen LogP contribution >= 0.6 is 0 Å². The molecule has 1 N–H and O–H groups in total. The summed E-state index contributed by atoms with van der Waals surface area (Å²) in [5.41, 5.74) is 1.36. The topological polar surface area (TPSA) is 100 Å². The van der Waals surface area contributed by atoms with Crippen molar-refractivity contribution in [2.75, 3.05) is 26.9 Å². The number of cyclic esters (lactones) is 2. The molecule has 32 heavy (non-hydrogen) atoms. The van der Waals surface area contributed by atoms with Gasteiger partial charge in [0.05, 0.1) is 19.2 Å². The Morgan fingerprint density at radius 1 is 1.28 bits per heavy atom. The zero-order valence-electron chi connectivity index (χ0n) is 19.1. The molecule has 0 spiro atoms. The molecule has 2 aliphatic carbocycles. The number of carbonyl (C=O) groups is 3. The molecule has 3 unspecified atom stereocenters. The Hall–Kier alpha value is -2.35. The van der Waals surface area contributed by atoms with Crippen molar-refractivity contribution in [3.05, 3.63) is 23.8 Å². The minimum absolute atomic E-state index is 0.00864. The largest absolute Gasteiger partial charge is 0.508 e. The van der Waals surface area contributed by atoms with Gasteiger partial charge >= 0.3 is 18.1 Å². The summed E-state index contributed by atoms with van der Waals surface area (Å²) in [6.07, 6.45) is 5.19. The molecule has 8 nitrogen and oxygen atoms in total. The van der Waals surface area contributed by atoms with E-state index >= 15 is 0 Å². The van der Waals surface area contributed by atoms with Crippen molar-refractivity contribution in [2.24, 2.45) is 22.7 Å². The van der Waals surface area contributed by atoms with Gasteiger partial charge in [0.25, 0.3) is 0 Å². The van der Waals surface area contributed by atoms with Crippen molar-refractivity contribution in [3.8, 4) is 0 Å². The van der Waals surface area contributed by atoms with Gasteiger partial charge in [0.1, 0.15) is 19.3 Å². The van der Waals surface area contributed by atoms with Crippen LogP contribution < -0.4 is 5.32 Å². The molecule has 4 rings (SSSR count). The highest BCUT2D eigenvalue weighted by molar-refractivity contribution is 5.91. The molecule has 176 valence electrons. The van der Waals surface area contributed by atoms with Gasteiger partial charge in [-0.15, -0.1) is 0 Å². The first kappa shape index (κ1) is 22.8. The number of hydrogen-bond donors (Lipinski definition) is 1. The lowest BCUT2D eigenvalue weighted by Crippen LogP contribution is -2.61. The standard InChI is InChI=1S/C24H33NO7/c1-14-5-6-18-23(2,9-7-19-24(18,3)13-31-22(28)32-19)16(14)11-17(25-12-20(26)29-4)15-8-10-30-21(15)27/h8,16-19,25H,1,5-7,9-13H2,2-4H3/t16?,17?,18?,19-,23+,24+/m1/s1. The predicted octanol–water partition coefficient (Wildman–Crippen LogP) is 2.92. The number of esters is 2. The van der Waals surface area contributed by atoms with E-state index in [0.29, 0.717) is 18.6 Å². The van der Waals surface area contributed by atoms with Gasteiger partial charge < -0.3 is 18.9 Å². The molecular weight excluding hydrogens is 414 g/mol. The van der Waals surface area contributed by atoms with Crippen molar-refractivity contribution in [1.29, 1.82) is 0 Å². The third-order valence-electron chi connectivity index (χ3n) is 8.38. The average Bonchev–Trinajstić information content (AvgIpc) is 3.18. The van der Waals surface area contributed by atoms with Gasteiger partial charge in [-0.1, -0.05) is 26.0 Å². The van der Waals surface area contributed by atoms with Crippen molar-refractivity contribution >= 4 is 18.1 Å². The lowest BCUT2D eigenvalue weighted by atomic mass is 9.45. The van der Waals surface area contributed by atoms with Crippen LogP contribution in [0.3, 0.4) is 0 Å². The van der Waals surface area contributed by atoms with Crippen LogP contribution in [0.5, 0.6) is 0 Å². The van der Waals surface area contributed by atoms with Gasteiger partial charge in [-0.2, -0.15) is 0 Å². The monoisotopic (exact) mass is 447 g/mol. The second-order valence-corrected chi connectivity index (χ2v) is 10.0. The maximum absolute atomic E-state index is 12.4. The van der Waals surface area contributed by atoms with E-state index in [4.69, 9.17) is 18.9 Å². The summed E-state index contributed by atoms with van der Waals surface area (Å²) in [5.74, 6) is -0.328. The second kappa shape index (κ2) is 8.54. The summed E-state index contributed by atoms with van der Waals surface area (Å²) in [6.45, 7) is 9.49. The van der Waals surface area contributed by atoms with Crippen LogP contribution in [0.2, 0.25) is 0 Å². The molecule has 0 aromatic rings. The second-order valence-electron chi connectivity index (χ2n) is 10.0. The molecule has 0 bridgehead atoms. The van der Waals surface area contributed by atoms with Crippen LogP contribution in [0.15, 0.2) is 23.8 Å². The molecule has 0 aromatic carbocycles. The van der Waals surface area contributed by atoms with Crippen LogP contribution in [-0.2, 0) is 28.5 Å². The maximum atomic E-state index is 12.4. The fraction of sp³-hybridized carbons (Fsp3) is 0.708. The maximum Gasteiger partial charge on any atom is 0.508 e. The lowest BCUT2D eigenvalue weighted by molar-refractivity contribution is -0.193. The Kier molecular flexibility index (Phi) is 6.09. The third-order valence-corrected chi connectivity index (χ3v) is 8.38.